The monoisotopic (exact) mass is 283 g/mol. The van der Waals surface area contributed by atoms with Crippen LogP contribution in [-0.2, 0) is 6.54 Å². The van der Waals surface area contributed by atoms with Crippen LogP contribution in [0, 0.1) is 6.08 Å². The zero-order valence-corrected chi connectivity index (χ0v) is 11.5. The number of halogens is 1. The van der Waals surface area contributed by atoms with Crippen LogP contribution in [0.1, 0.15) is 5.56 Å². The SMILES string of the molecule is COc1ccc(CNc2nc(F)nc3ccccc23)cc1. The van der Waals surface area contributed by atoms with Gasteiger partial charge in [0.1, 0.15) is 11.6 Å². The lowest BCUT2D eigenvalue weighted by molar-refractivity contribution is 0.414. The summed E-state index contributed by atoms with van der Waals surface area (Å²) >= 11 is 0. The fourth-order valence-electron chi connectivity index (χ4n) is 2.11. The molecule has 0 spiro atoms. The Bertz CT molecular complexity index is 759. The minimum absolute atomic E-state index is 0.494. The van der Waals surface area contributed by atoms with Crippen LogP contribution in [0.5, 0.6) is 5.75 Å². The average molecular weight is 283 g/mol. The van der Waals surface area contributed by atoms with Crippen molar-refractivity contribution in [2.24, 2.45) is 0 Å². The van der Waals surface area contributed by atoms with Gasteiger partial charge in [0.15, 0.2) is 0 Å². The number of aromatic nitrogens is 2. The Balaban J connectivity index is 1.84. The Hall–Kier alpha value is -2.69. The molecule has 1 aromatic heterocycles. The van der Waals surface area contributed by atoms with E-state index in [4.69, 9.17) is 4.74 Å². The first-order valence-corrected chi connectivity index (χ1v) is 6.55. The summed E-state index contributed by atoms with van der Waals surface area (Å²) in [7, 11) is 1.63. The number of ether oxygens (including phenoxy) is 1. The van der Waals surface area contributed by atoms with E-state index in [0.29, 0.717) is 17.9 Å². The molecule has 2 aromatic carbocycles. The van der Waals surface area contributed by atoms with Crippen LogP contribution >= 0.6 is 0 Å². The number of para-hydroxylation sites is 1. The zero-order chi connectivity index (χ0) is 14.7. The summed E-state index contributed by atoms with van der Waals surface area (Å²) in [6.07, 6.45) is -0.731. The van der Waals surface area contributed by atoms with Crippen molar-refractivity contribution in [3.8, 4) is 5.75 Å². The third-order valence-corrected chi connectivity index (χ3v) is 3.19. The minimum Gasteiger partial charge on any atom is -0.497 e. The van der Waals surface area contributed by atoms with Gasteiger partial charge in [-0.15, -0.1) is 0 Å². The summed E-state index contributed by atoms with van der Waals surface area (Å²) in [5.41, 5.74) is 1.64. The standard InChI is InChI=1S/C16H14FN3O/c1-21-12-8-6-11(7-9-12)10-18-15-13-4-2-3-5-14(13)19-16(17)20-15/h2-9H,10H2,1H3,(H,18,19,20). The number of hydrogen-bond donors (Lipinski definition) is 1. The smallest absolute Gasteiger partial charge is 0.311 e. The number of nitrogens with zero attached hydrogens (tertiary/aromatic N) is 2. The molecule has 0 radical (unpaired) electrons. The zero-order valence-electron chi connectivity index (χ0n) is 11.5. The van der Waals surface area contributed by atoms with Gasteiger partial charge in [0.25, 0.3) is 0 Å². The molecule has 1 heterocycles. The highest BCUT2D eigenvalue weighted by Crippen LogP contribution is 2.20. The fraction of sp³-hybridized carbons (Fsp3) is 0.125. The van der Waals surface area contributed by atoms with E-state index < -0.39 is 6.08 Å². The van der Waals surface area contributed by atoms with Crippen LogP contribution in [0.15, 0.2) is 48.5 Å². The second-order valence-corrected chi connectivity index (χ2v) is 4.56. The van der Waals surface area contributed by atoms with E-state index in [1.807, 2.05) is 42.5 Å². The number of rotatable bonds is 4. The maximum absolute atomic E-state index is 13.4. The molecule has 0 unspecified atom stereocenters. The van der Waals surface area contributed by atoms with Crippen molar-refractivity contribution in [2.75, 3.05) is 12.4 Å². The van der Waals surface area contributed by atoms with Crippen molar-refractivity contribution >= 4 is 16.7 Å². The largest absolute Gasteiger partial charge is 0.497 e. The lowest BCUT2D eigenvalue weighted by Crippen LogP contribution is -2.04. The number of methoxy groups -OCH3 is 1. The topological polar surface area (TPSA) is 47.0 Å². The fourth-order valence-corrected chi connectivity index (χ4v) is 2.11. The second kappa shape index (κ2) is 5.75. The molecular weight excluding hydrogens is 269 g/mol. The normalized spacial score (nSPS) is 10.6. The molecule has 21 heavy (non-hydrogen) atoms. The lowest BCUT2D eigenvalue weighted by atomic mass is 10.2. The molecule has 0 amide bonds. The van der Waals surface area contributed by atoms with Crippen molar-refractivity contribution in [1.82, 2.24) is 9.97 Å². The van der Waals surface area contributed by atoms with E-state index >= 15 is 0 Å². The predicted molar refractivity (Wildman–Crippen MR) is 79.8 cm³/mol. The minimum atomic E-state index is -0.731. The first kappa shape index (κ1) is 13.3. The van der Waals surface area contributed by atoms with Gasteiger partial charge in [-0.3, -0.25) is 0 Å². The van der Waals surface area contributed by atoms with E-state index in [1.54, 1.807) is 13.2 Å². The summed E-state index contributed by atoms with van der Waals surface area (Å²) < 4.78 is 18.6. The summed E-state index contributed by atoms with van der Waals surface area (Å²) in [6.45, 7) is 0.546. The van der Waals surface area contributed by atoms with Crippen molar-refractivity contribution in [3.05, 3.63) is 60.2 Å². The van der Waals surface area contributed by atoms with Crippen LogP contribution in [0.25, 0.3) is 10.9 Å². The summed E-state index contributed by atoms with van der Waals surface area (Å²) in [4.78, 5) is 7.62. The Morgan fingerprint density at radius 2 is 1.81 bits per heavy atom. The van der Waals surface area contributed by atoms with Gasteiger partial charge >= 0.3 is 6.08 Å². The Kier molecular flexibility index (Phi) is 3.64. The number of nitrogens with one attached hydrogen (secondary N) is 1. The maximum Gasteiger partial charge on any atom is 0.311 e. The molecule has 0 bridgehead atoms. The molecule has 5 heteroatoms. The molecule has 1 N–H and O–H groups in total. The quantitative estimate of drug-likeness (QED) is 0.746. The van der Waals surface area contributed by atoms with Crippen LogP contribution in [-0.4, -0.2) is 17.1 Å². The molecule has 106 valence electrons. The van der Waals surface area contributed by atoms with Gasteiger partial charge in [-0.25, -0.2) is 4.98 Å². The average Bonchev–Trinajstić information content (AvgIpc) is 2.53. The van der Waals surface area contributed by atoms with Crippen molar-refractivity contribution in [1.29, 1.82) is 0 Å². The molecule has 0 aliphatic rings. The molecule has 3 rings (SSSR count). The highest BCUT2D eigenvalue weighted by Gasteiger charge is 2.06. The van der Waals surface area contributed by atoms with Crippen LogP contribution in [0.4, 0.5) is 10.2 Å². The Morgan fingerprint density at radius 1 is 1.05 bits per heavy atom. The molecule has 4 nitrogen and oxygen atoms in total. The van der Waals surface area contributed by atoms with Crippen molar-refractivity contribution in [3.63, 3.8) is 0 Å². The summed E-state index contributed by atoms with van der Waals surface area (Å²) in [5.74, 6) is 1.30. The molecule has 0 aliphatic carbocycles. The molecule has 0 saturated heterocycles. The van der Waals surface area contributed by atoms with Gasteiger partial charge in [0.2, 0.25) is 0 Å². The van der Waals surface area contributed by atoms with Gasteiger partial charge < -0.3 is 10.1 Å². The van der Waals surface area contributed by atoms with Crippen LogP contribution in [0.3, 0.4) is 0 Å². The first-order chi connectivity index (χ1) is 10.3. The van der Waals surface area contributed by atoms with E-state index in [-0.39, 0.29) is 0 Å². The highest BCUT2D eigenvalue weighted by molar-refractivity contribution is 5.88. The van der Waals surface area contributed by atoms with Crippen LogP contribution < -0.4 is 10.1 Å². The molecule has 0 aliphatic heterocycles. The van der Waals surface area contributed by atoms with E-state index in [2.05, 4.69) is 15.3 Å². The number of fused-ring (bicyclic) bond motifs is 1. The predicted octanol–water partition coefficient (Wildman–Crippen LogP) is 3.39. The molecule has 0 fully saturated rings. The lowest BCUT2D eigenvalue weighted by Gasteiger charge is -2.09. The van der Waals surface area contributed by atoms with Crippen molar-refractivity contribution < 1.29 is 9.13 Å². The molecular formula is C16H14FN3O. The van der Waals surface area contributed by atoms with Crippen LogP contribution in [0.2, 0.25) is 0 Å². The van der Waals surface area contributed by atoms with Gasteiger partial charge in [-0.1, -0.05) is 24.3 Å². The Morgan fingerprint density at radius 3 is 2.57 bits per heavy atom. The highest BCUT2D eigenvalue weighted by atomic mass is 19.1. The van der Waals surface area contributed by atoms with Gasteiger partial charge in [-0.05, 0) is 29.8 Å². The summed E-state index contributed by atoms with van der Waals surface area (Å²) in [6, 6.07) is 15.0. The third-order valence-electron chi connectivity index (χ3n) is 3.19. The van der Waals surface area contributed by atoms with E-state index in [0.717, 1.165) is 16.7 Å². The number of hydrogen-bond acceptors (Lipinski definition) is 4. The van der Waals surface area contributed by atoms with Gasteiger partial charge in [0.05, 0.1) is 12.6 Å². The first-order valence-electron chi connectivity index (χ1n) is 6.55. The number of benzene rings is 2. The van der Waals surface area contributed by atoms with E-state index in [1.165, 1.54) is 0 Å². The van der Waals surface area contributed by atoms with E-state index in [9.17, 15) is 4.39 Å². The Labute approximate surface area is 121 Å². The molecule has 3 aromatic rings. The second-order valence-electron chi connectivity index (χ2n) is 4.56. The molecule has 0 atom stereocenters. The van der Waals surface area contributed by atoms with Gasteiger partial charge in [-0.2, -0.15) is 9.37 Å². The number of anilines is 1. The maximum atomic E-state index is 13.4. The molecule has 0 saturated carbocycles. The van der Waals surface area contributed by atoms with Crippen molar-refractivity contribution in [2.45, 2.75) is 6.54 Å². The summed E-state index contributed by atoms with van der Waals surface area (Å²) in [5, 5.41) is 3.95. The third kappa shape index (κ3) is 2.91. The van der Waals surface area contributed by atoms with Gasteiger partial charge in [0, 0.05) is 11.9 Å².